The van der Waals surface area contributed by atoms with E-state index in [1.165, 1.54) is 12.8 Å². The summed E-state index contributed by atoms with van der Waals surface area (Å²) in [6.07, 6.45) is 2.52. The number of nitrogens with zero attached hydrogens (tertiary/aromatic N) is 5. The predicted molar refractivity (Wildman–Crippen MR) is 79.6 cm³/mol. The monoisotopic (exact) mass is 343 g/mol. The van der Waals surface area contributed by atoms with Crippen LogP contribution in [0.1, 0.15) is 48.3 Å². The van der Waals surface area contributed by atoms with Crippen LogP contribution >= 0.6 is 11.3 Å². The minimum absolute atomic E-state index is 0.330. The smallest absolute Gasteiger partial charge is 0.348 e. The molecule has 0 bridgehead atoms. The van der Waals surface area contributed by atoms with Crippen LogP contribution < -0.4 is 4.90 Å². The van der Waals surface area contributed by atoms with Crippen LogP contribution in [0.2, 0.25) is 0 Å². The van der Waals surface area contributed by atoms with Gasteiger partial charge in [0, 0.05) is 25.0 Å². The zero-order valence-corrected chi connectivity index (χ0v) is 13.1. The molecule has 9 heteroatoms. The van der Waals surface area contributed by atoms with Crippen molar-refractivity contribution in [2.75, 3.05) is 18.0 Å². The Balaban J connectivity index is 1.43. The second-order valence-electron chi connectivity index (χ2n) is 6.09. The molecule has 1 aliphatic heterocycles. The third kappa shape index (κ3) is 2.93. The van der Waals surface area contributed by atoms with Crippen LogP contribution in [0.5, 0.6) is 0 Å². The van der Waals surface area contributed by atoms with E-state index in [0.717, 1.165) is 36.2 Å². The normalized spacial score (nSPS) is 20.2. The number of alkyl halides is 3. The highest BCUT2D eigenvalue weighted by Crippen LogP contribution is 2.40. The van der Waals surface area contributed by atoms with Crippen molar-refractivity contribution in [1.29, 1.82) is 0 Å². The first-order chi connectivity index (χ1) is 11.0. The van der Waals surface area contributed by atoms with Gasteiger partial charge in [0.25, 0.3) is 0 Å². The van der Waals surface area contributed by atoms with E-state index in [1.807, 2.05) is 4.90 Å². The van der Waals surface area contributed by atoms with Gasteiger partial charge in [-0.15, -0.1) is 10.2 Å². The topological polar surface area (TPSA) is 46.8 Å². The number of aromatic nitrogens is 4. The minimum atomic E-state index is -4.31. The zero-order chi connectivity index (χ0) is 16.0. The highest BCUT2D eigenvalue weighted by atomic mass is 32.1. The average molecular weight is 343 g/mol. The van der Waals surface area contributed by atoms with Gasteiger partial charge >= 0.3 is 6.18 Å². The Morgan fingerprint density at radius 1 is 1.13 bits per heavy atom. The SMILES string of the molecule is FC(F)(F)c1cnc(N2CCC(c3nncn3C3CC3)CC2)s1. The van der Waals surface area contributed by atoms with E-state index in [1.54, 1.807) is 6.33 Å². The quantitative estimate of drug-likeness (QED) is 0.856. The van der Waals surface area contributed by atoms with Gasteiger partial charge in [-0.2, -0.15) is 13.2 Å². The minimum Gasteiger partial charge on any atom is -0.348 e. The molecule has 2 aromatic rings. The van der Waals surface area contributed by atoms with Gasteiger partial charge in [0.05, 0.1) is 6.20 Å². The lowest BCUT2D eigenvalue weighted by Crippen LogP contribution is -2.33. The molecular formula is C14H16F3N5S. The molecule has 5 nitrogen and oxygen atoms in total. The fourth-order valence-corrected chi connectivity index (χ4v) is 3.88. The van der Waals surface area contributed by atoms with Crippen LogP contribution in [0.3, 0.4) is 0 Å². The summed E-state index contributed by atoms with van der Waals surface area (Å²) in [4.78, 5) is 5.24. The summed E-state index contributed by atoms with van der Waals surface area (Å²) in [7, 11) is 0. The van der Waals surface area contributed by atoms with Gasteiger partial charge in [-0.3, -0.25) is 0 Å². The van der Waals surface area contributed by atoms with Crippen LogP contribution in [-0.4, -0.2) is 32.8 Å². The molecule has 0 N–H and O–H groups in total. The van der Waals surface area contributed by atoms with Crippen LogP contribution in [0, 0.1) is 0 Å². The van der Waals surface area contributed by atoms with Gasteiger partial charge in [-0.1, -0.05) is 11.3 Å². The lowest BCUT2D eigenvalue weighted by Gasteiger charge is -2.31. The lowest BCUT2D eigenvalue weighted by atomic mass is 9.96. The Kier molecular flexibility index (Phi) is 3.55. The Bertz CT molecular complexity index is 683. The van der Waals surface area contributed by atoms with Gasteiger partial charge in [0.2, 0.25) is 0 Å². The zero-order valence-electron chi connectivity index (χ0n) is 12.3. The summed E-state index contributed by atoms with van der Waals surface area (Å²) in [6, 6.07) is 0.548. The molecular weight excluding hydrogens is 327 g/mol. The molecule has 0 radical (unpaired) electrons. The molecule has 0 atom stereocenters. The summed E-state index contributed by atoms with van der Waals surface area (Å²) in [6.45, 7) is 1.40. The first kappa shape index (κ1) is 14.9. The van der Waals surface area contributed by atoms with Crippen molar-refractivity contribution in [3.63, 3.8) is 0 Å². The van der Waals surface area contributed by atoms with Crippen molar-refractivity contribution in [3.05, 3.63) is 23.2 Å². The van der Waals surface area contributed by atoms with Crippen LogP contribution in [0.4, 0.5) is 18.3 Å². The van der Waals surface area contributed by atoms with Gasteiger partial charge < -0.3 is 9.47 Å². The molecule has 124 valence electrons. The van der Waals surface area contributed by atoms with E-state index in [2.05, 4.69) is 19.7 Å². The third-order valence-corrected chi connectivity index (χ3v) is 5.55. The maximum absolute atomic E-state index is 12.7. The largest absolute Gasteiger partial charge is 0.427 e. The molecule has 1 saturated carbocycles. The van der Waals surface area contributed by atoms with Crippen LogP contribution in [-0.2, 0) is 6.18 Å². The van der Waals surface area contributed by atoms with Crippen molar-refractivity contribution < 1.29 is 13.2 Å². The standard InChI is InChI=1S/C14H16F3N5S/c15-14(16,17)11-7-18-13(23-11)21-5-3-9(4-6-21)12-20-19-8-22(12)10-1-2-10/h7-10H,1-6H2. The van der Waals surface area contributed by atoms with Crippen LogP contribution in [0.25, 0.3) is 0 Å². The highest BCUT2D eigenvalue weighted by Gasteiger charge is 2.35. The number of piperidine rings is 1. The van der Waals surface area contributed by atoms with E-state index >= 15 is 0 Å². The van der Waals surface area contributed by atoms with Crippen molar-refractivity contribution in [3.8, 4) is 0 Å². The first-order valence-corrected chi connectivity index (χ1v) is 8.51. The maximum atomic E-state index is 12.7. The summed E-state index contributed by atoms with van der Waals surface area (Å²) < 4.78 is 40.2. The Hall–Kier alpha value is -1.64. The first-order valence-electron chi connectivity index (χ1n) is 7.70. The van der Waals surface area contributed by atoms with Crippen LogP contribution in [0.15, 0.2) is 12.5 Å². The van der Waals surface area contributed by atoms with Crippen molar-refractivity contribution in [2.24, 2.45) is 0 Å². The van der Waals surface area contributed by atoms with E-state index in [4.69, 9.17) is 0 Å². The molecule has 1 aliphatic carbocycles. The summed E-state index contributed by atoms with van der Waals surface area (Å²) in [5.41, 5.74) is 0. The molecule has 3 heterocycles. The molecule has 0 aromatic carbocycles. The van der Waals surface area contributed by atoms with E-state index in [-0.39, 0.29) is 0 Å². The maximum Gasteiger partial charge on any atom is 0.427 e. The fourth-order valence-electron chi connectivity index (χ4n) is 3.05. The third-order valence-electron chi connectivity index (χ3n) is 4.44. The highest BCUT2D eigenvalue weighted by molar-refractivity contribution is 7.15. The summed E-state index contributed by atoms with van der Waals surface area (Å²) in [5, 5.41) is 8.76. The van der Waals surface area contributed by atoms with Gasteiger partial charge in [-0.25, -0.2) is 4.98 Å². The number of anilines is 1. The van der Waals surface area contributed by atoms with Crippen molar-refractivity contribution in [2.45, 2.75) is 43.8 Å². The van der Waals surface area contributed by atoms with Gasteiger partial charge in [0.1, 0.15) is 17.0 Å². The van der Waals surface area contributed by atoms with Gasteiger partial charge in [-0.05, 0) is 25.7 Å². The van der Waals surface area contributed by atoms with Crippen molar-refractivity contribution >= 4 is 16.5 Å². The summed E-state index contributed by atoms with van der Waals surface area (Å²) >= 11 is 0.720. The molecule has 2 aromatic heterocycles. The second kappa shape index (κ2) is 5.47. The Morgan fingerprint density at radius 3 is 2.48 bits per heavy atom. The number of hydrogen-bond acceptors (Lipinski definition) is 5. The fraction of sp³-hybridized carbons (Fsp3) is 0.643. The van der Waals surface area contributed by atoms with E-state index in [0.29, 0.717) is 30.2 Å². The second-order valence-corrected chi connectivity index (χ2v) is 7.10. The number of rotatable bonds is 3. The van der Waals surface area contributed by atoms with Crippen molar-refractivity contribution in [1.82, 2.24) is 19.7 Å². The lowest BCUT2D eigenvalue weighted by molar-refractivity contribution is -0.134. The summed E-state index contributed by atoms with van der Waals surface area (Å²) in [5.74, 6) is 1.36. The number of thiazole rings is 1. The molecule has 4 rings (SSSR count). The molecule has 2 aliphatic rings. The average Bonchev–Trinajstić information content (AvgIpc) is 3.04. The Morgan fingerprint density at radius 2 is 1.87 bits per heavy atom. The Labute approximate surface area is 135 Å². The van der Waals surface area contributed by atoms with E-state index in [9.17, 15) is 13.2 Å². The molecule has 2 fully saturated rings. The predicted octanol–water partition coefficient (Wildman–Crippen LogP) is 3.47. The molecule has 23 heavy (non-hydrogen) atoms. The number of halogens is 3. The number of hydrogen-bond donors (Lipinski definition) is 0. The molecule has 0 unspecified atom stereocenters. The molecule has 0 spiro atoms. The van der Waals surface area contributed by atoms with Gasteiger partial charge in [0.15, 0.2) is 5.13 Å². The molecule has 0 amide bonds. The molecule has 1 saturated heterocycles. The van der Waals surface area contributed by atoms with E-state index < -0.39 is 11.1 Å².